The van der Waals surface area contributed by atoms with Gasteiger partial charge in [0.15, 0.2) is 0 Å². The summed E-state index contributed by atoms with van der Waals surface area (Å²) < 4.78 is 4.83. The SMILES string of the molecule is COC(=O)C(C)(C)CN(C)CC1CCCNC1. The van der Waals surface area contributed by atoms with Crippen molar-refractivity contribution in [1.82, 2.24) is 10.2 Å². The number of esters is 1. The number of methoxy groups -OCH3 is 1. The Hall–Kier alpha value is -0.610. The smallest absolute Gasteiger partial charge is 0.312 e. The molecular weight excluding hydrogens is 216 g/mol. The Morgan fingerprint density at radius 2 is 2.24 bits per heavy atom. The third-order valence-electron chi connectivity index (χ3n) is 3.37. The Labute approximate surface area is 105 Å². The van der Waals surface area contributed by atoms with E-state index < -0.39 is 5.41 Å². The van der Waals surface area contributed by atoms with Gasteiger partial charge >= 0.3 is 5.97 Å². The van der Waals surface area contributed by atoms with Crippen molar-refractivity contribution in [1.29, 1.82) is 0 Å². The third-order valence-corrected chi connectivity index (χ3v) is 3.37. The topological polar surface area (TPSA) is 41.6 Å². The zero-order chi connectivity index (χ0) is 12.9. The second kappa shape index (κ2) is 6.36. The van der Waals surface area contributed by atoms with Crippen LogP contribution in [0.1, 0.15) is 26.7 Å². The van der Waals surface area contributed by atoms with Crippen molar-refractivity contribution in [2.75, 3.05) is 40.3 Å². The van der Waals surface area contributed by atoms with Crippen LogP contribution in [-0.4, -0.2) is 51.2 Å². The molecule has 0 aromatic carbocycles. The summed E-state index contributed by atoms with van der Waals surface area (Å²) in [5.74, 6) is 0.577. The monoisotopic (exact) mass is 242 g/mol. The van der Waals surface area contributed by atoms with Gasteiger partial charge in [0.25, 0.3) is 0 Å². The predicted octanol–water partition coefficient (Wildman–Crippen LogP) is 1.12. The van der Waals surface area contributed by atoms with Crippen LogP contribution in [0.25, 0.3) is 0 Å². The van der Waals surface area contributed by atoms with Crippen molar-refractivity contribution in [2.45, 2.75) is 26.7 Å². The minimum Gasteiger partial charge on any atom is -0.469 e. The lowest BCUT2D eigenvalue weighted by atomic mass is 9.92. The maximum Gasteiger partial charge on any atom is 0.312 e. The largest absolute Gasteiger partial charge is 0.469 e. The summed E-state index contributed by atoms with van der Waals surface area (Å²) in [7, 11) is 3.54. The van der Waals surface area contributed by atoms with Crippen molar-refractivity contribution in [3.8, 4) is 0 Å². The molecule has 17 heavy (non-hydrogen) atoms. The summed E-state index contributed by atoms with van der Waals surface area (Å²) in [6, 6.07) is 0. The number of ether oxygens (including phenoxy) is 1. The maximum absolute atomic E-state index is 11.6. The molecule has 1 fully saturated rings. The molecule has 0 aromatic heterocycles. The summed E-state index contributed by atoms with van der Waals surface area (Å²) in [6.45, 7) is 7.92. The van der Waals surface area contributed by atoms with Gasteiger partial charge in [0.05, 0.1) is 12.5 Å². The van der Waals surface area contributed by atoms with E-state index in [0.717, 1.165) is 26.2 Å². The van der Waals surface area contributed by atoms with Crippen molar-refractivity contribution in [3.05, 3.63) is 0 Å². The average Bonchev–Trinajstić information content (AvgIpc) is 2.28. The molecule has 1 saturated heterocycles. The van der Waals surface area contributed by atoms with Crippen molar-refractivity contribution in [3.63, 3.8) is 0 Å². The molecule has 1 N–H and O–H groups in total. The number of carbonyl (C=O) groups is 1. The molecule has 4 nitrogen and oxygen atoms in total. The fourth-order valence-electron chi connectivity index (χ4n) is 2.60. The fraction of sp³-hybridized carbons (Fsp3) is 0.923. The zero-order valence-electron chi connectivity index (χ0n) is 11.6. The van der Waals surface area contributed by atoms with Gasteiger partial charge in [0, 0.05) is 13.1 Å². The quantitative estimate of drug-likeness (QED) is 0.734. The van der Waals surface area contributed by atoms with Gasteiger partial charge in [0.2, 0.25) is 0 Å². The standard InChI is InChI=1S/C13H26N2O2/c1-13(2,12(16)17-4)10-15(3)9-11-6-5-7-14-8-11/h11,14H,5-10H2,1-4H3. The summed E-state index contributed by atoms with van der Waals surface area (Å²) in [6.07, 6.45) is 2.55. The lowest BCUT2D eigenvalue weighted by Gasteiger charge is -2.32. The van der Waals surface area contributed by atoms with E-state index in [0.29, 0.717) is 5.92 Å². The second-order valence-electron chi connectivity index (χ2n) is 5.78. The molecule has 1 atom stereocenters. The number of piperidine rings is 1. The summed E-state index contributed by atoms with van der Waals surface area (Å²) in [5.41, 5.74) is -0.425. The molecule has 1 unspecified atom stereocenters. The molecule has 0 aliphatic carbocycles. The van der Waals surface area contributed by atoms with Gasteiger partial charge in [-0.25, -0.2) is 0 Å². The number of rotatable bonds is 5. The van der Waals surface area contributed by atoms with Crippen LogP contribution in [0.15, 0.2) is 0 Å². The number of carbonyl (C=O) groups excluding carboxylic acids is 1. The van der Waals surface area contributed by atoms with Crippen molar-refractivity contribution < 1.29 is 9.53 Å². The fourth-order valence-corrected chi connectivity index (χ4v) is 2.60. The highest BCUT2D eigenvalue weighted by molar-refractivity contribution is 5.76. The highest BCUT2D eigenvalue weighted by Crippen LogP contribution is 2.20. The Bertz CT molecular complexity index is 248. The first-order valence-electron chi connectivity index (χ1n) is 6.43. The Balaban J connectivity index is 2.37. The van der Waals surface area contributed by atoms with Gasteiger partial charge in [-0.1, -0.05) is 0 Å². The molecule has 4 heteroatoms. The van der Waals surface area contributed by atoms with Crippen LogP contribution in [0.4, 0.5) is 0 Å². The van der Waals surface area contributed by atoms with Crippen LogP contribution in [0, 0.1) is 11.3 Å². The molecule has 1 rings (SSSR count). The first-order chi connectivity index (χ1) is 7.95. The minimum atomic E-state index is -0.425. The lowest BCUT2D eigenvalue weighted by molar-refractivity contribution is -0.151. The molecule has 1 heterocycles. The summed E-state index contributed by atoms with van der Waals surface area (Å²) in [5, 5.41) is 3.42. The van der Waals surface area contributed by atoms with E-state index in [1.165, 1.54) is 20.0 Å². The molecule has 0 bridgehead atoms. The number of hydrogen-bond donors (Lipinski definition) is 1. The van der Waals surface area contributed by atoms with E-state index in [9.17, 15) is 4.79 Å². The molecule has 1 aliphatic heterocycles. The highest BCUT2D eigenvalue weighted by atomic mass is 16.5. The van der Waals surface area contributed by atoms with E-state index in [4.69, 9.17) is 4.74 Å². The van der Waals surface area contributed by atoms with E-state index in [1.54, 1.807) is 0 Å². The Morgan fingerprint density at radius 1 is 1.53 bits per heavy atom. The minimum absolute atomic E-state index is 0.133. The number of nitrogens with zero attached hydrogens (tertiary/aromatic N) is 1. The van der Waals surface area contributed by atoms with Crippen LogP contribution in [0.2, 0.25) is 0 Å². The average molecular weight is 242 g/mol. The van der Waals surface area contributed by atoms with Gasteiger partial charge in [-0.15, -0.1) is 0 Å². The molecular formula is C13H26N2O2. The van der Waals surface area contributed by atoms with Crippen LogP contribution in [-0.2, 0) is 9.53 Å². The molecule has 100 valence electrons. The van der Waals surface area contributed by atoms with E-state index in [-0.39, 0.29) is 5.97 Å². The van der Waals surface area contributed by atoms with Crippen LogP contribution < -0.4 is 5.32 Å². The van der Waals surface area contributed by atoms with Gasteiger partial charge in [-0.3, -0.25) is 4.79 Å². The first-order valence-corrected chi connectivity index (χ1v) is 6.43. The summed E-state index contributed by atoms with van der Waals surface area (Å²) >= 11 is 0. The highest BCUT2D eigenvalue weighted by Gasteiger charge is 2.30. The Morgan fingerprint density at radius 3 is 2.76 bits per heavy atom. The van der Waals surface area contributed by atoms with Crippen molar-refractivity contribution in [2.24, 2.45) is 11.3 Å². The molecule has 1 aliphatic rings. The predicted molar refractivity (Wildman–Crippen MR) is 68.9 cm³/mol. The van der Waals surface area contributed by atoms with Crippen LogP contribution in [0.3, 0.4) is 0 Å². The molecule has 0 saturated carbocycles. The number of nitrogens with one attached hydrogen (secondary N) is 1. The van der Waals surface area contributed by atoms with Gasteiger partial charge in [-0.05, 0) is 52.7 Å². The zero-order valence-corrected chi connectivity index (χ0v) is 11.6. The molecule has 0 amide bonds. The van der Waals surface area contributed by atoms with Gasteiger partial charge in [0.1, 0.15) is 0 Å². The molecule has 0 aromatic rings. The van der Waals surface area contributed by atoms with E-state index in [1.807, 2.05) is 13.8 Å². The molecule has 0 spiro atoms. The van der Waals surface area contributed by atoms with E-state index >= 15 is 0 Å². The molecule has 0 radical (unpaired) electrons. The Kier molecular flexibility index (Phi) is 5.40. The van der Waals surface area contributed by atoms with E-state index in [2.05, 4.69) is 17.3 Å². The lowest BCUT2D eigenvalue weighted by Crippen LogP contribution is -2.42. The third kappa shape index (κ3) is 4.64. The second-order valence-corrected chi connectivity index (χ2v) is 5.78. The number of hydrogen-bond acceptors (Lipinski definition) is 4. The van der Waals surface area contributed by atoms with Crippen molar-refractivity contribution >= 4 is 5.97 Å². The van der Waals surface area contributed by atoms with Crippen LogP contribution >= 0.6 is 0 Å². The maximum atomic E-state index is 11.6. The van der Waals surface area contributed by atoms with Gasteiger partial charge in [-0.2, -0.15) is 0 Å². The first kappa shape index (κ1) is 14.5. The normalized spacial score (nSPS) is 21.6. The van der Waals surface area contributed by atoms with Crippen LogP contribution in [0.5, 0.6) is 0 Å². The van der Waals surface area contributed by atoms with Gasteiger partial charge < -0.3 is 15.0 Å². The summed E-state index contributed by atoms with van der Waals surface area (Å²) in [4.78, 5) is 13.8.